The molecule has 1 aliphatic rings. The van der Waals surface area contributed by atoms with Crippen LogP contribution in [0.4, 0.5) is 18.0 Å². The van der Waals surface area contributed by atoms with Crippen molar-refractivity contribution < 1.29 is 31.1 Å². The van der Waals surface area contributed by atoms with Gasteiger partial charge in [-0.1, -0.05) is 30.1 Å². The largest absolute Gasteiger partial charge is 0.573 e. The fourth-order valence-electron chi connectivity index (χ4n) is 4.53. The van der Waals surface area contributed by atoms with E-state index in [1.807, 2.05) is 0 Å². The van der Waals surface area contributed by atoms with Gasteiger partial charge in [0.15, 0.2) is 9.84 Å². The molecule has 1 fully saturated rings. The molecule has 1 aromatic heterocycles. The first-order valence-corrected chi connectivity index (χ1v) is 14.6. The molecule has 3 aromatic rings. The third-order valence-corrected chi connectivity index (χ3v) is 8.97. The lowest BCUT2D eigenvalue weighted by molar-refractivity contribution is -0.274. The van der Waals surface area contributed by atoms with Crippen molar-refractivity contribution in [2.75, 3.05) is 18.8 Å². The molecule has 0 bridgehead atoms. The molecule has 2 aromatic carbocycles. The minimum atomic E-state index is -5.19. The number of alkyl halides is 3. The van der Waals surface area contributed by atoms with Gasteiger partial charge in [-0.3, -0.25) is 9.36 Å². The third kappa shape index (κ3) is 6.47. The van der Waals surface area contributed by atoms with Crippen LogP contribution in [-0.2, 0) is 22.9 Å². The number of sulfone groups is 1. The van der Waals surface area contributed by atoms with Gasteiger partial charge in [-0.2, -0.15) is 0 Å². The van der Waals surface area contributed by atoms with Crippen LogP contribution in [0.15, 0.2) is 38.8 Å². The number of ether oxygens (including phenoxy) is 1. The Morgan fingerprint density at radius 1 is 1.15 bits per heavy atom. The summed E-state index contributed by atoms with van der Waals surface area (Å²) >= 11 is 12.5. The Bertz CT molecular complexity index is 1740. The van der Waals surface area contributed by atoms with E-state index in [-0.39, 0.29) is 51.4 Å². The zero-order chi connectivity index (χ0) is 30.3. The molecule has 1 saturated heterocycles. The number of urea groups is 1. The minimum absolute atomic E-state index is 0.0212. The highest BCUT2D eigenvalue weighted by Crippen LogP contribution is 2.37. The van der Waals surface area contributed by atoms with Gasteiger partial charge >= 0.3 is 18.1 Å². The number of amides is 2. The highest BCUT2D eigenvalue weighted by atomic mass is 35.5. The fourth-order valence-corrected chi connectivity index (χ4v) is 6.14. The van der Waals surface area contributed by atoms with Crippen LogP contribution in [0.25, 0.3) is 10.9 Å². The molecule has 41 heavy (non-hydrogen) atoms. The minimum Gasteiger partial charge on any atom is -0.405 e. The van der Waals surface area contributed by atoms with Gasteiger partial charge in [0.25, 0.3) is 5.56 Å². The van der Waals surface area contributed by atoms with Crippen molar-refractivity contribution in [3.63, 3.8) is 0 Å². The summed E-state index contributed by atoms with van der Waals surface area (Å²) in [5, 5.41) is 1.92. The number of fused-ring (bicyclic) bond motifs is 1. The van der Waals surface area contributed by atoms with Crippen LogP contribution >= 0.6 is 23.2 Å². The number of nitrogens with two attached hydrogens (primary N) is 1. The summed E-state index contributed by atoms with van der Waals surface area (Å²) in [6, 6.07) is 3.71. The number of aromatic amines is 1. The maximum Gasteiger partial charge on any atom is 0.573 e. The molecule has 2 heterocycles. The lowest BCUT2D eigenvalue weighted by Gasteiger charge is -2.21. The van der Waals surface area contributed by atoms with Gasteiger partial charge in [-0.15, -0.1) is 13.2 Å². The number of H-pyrrole nitrogens is 1. The normalized spacial score (nSPS) is 15.9. The number of rotatable bonds is 9. The number of halogens is 5. The van der Waals surface area contributed by atoms with Crippen LogP contribution in [-0.4, -0.2) is 60.1 Å². The molecule has 11 nitrogen and oxygen atoms in total. The number of hydrogen-bond donors (Lipinski definition) is 3. The number of aromatic nitrogens is 2. The molecule has 0 saturated carbocycles. The maximum atomic E-state index is 13.4. The highest BCUT2D eigenvalue weighted by molar-refractivity contribution is 7.91. The van der Waals surface area contributed by atoms with E-state index in [0.29, 0.717) is 11.0 Å². The molecule has 1 aliphatic heterocycles. The second-order valence-electron chi connectivity index (χ2n) is 9.22. The lowest BCUT2D eigenvalue weighted by Crippen LogP contribution is -2.36. The molecular formula is C24H24Cl2F3N5O6S. The first-order valence-electron chi connectivity index (χ1n) is 12.2. The Labute approximate surface area is 240 Å². The predicted molar refractivity (Wildman–Crippen MR) is 145 cm³/mol. The van der Waals surface area contributed by atoms with E-state index in [9.17, 15) is 36.0 Å². The molecule has 0 radical (unpaired) electrons. The molecular weight excluding hydrogens is 614 g/mol. The number of hydrogen-bond acceptors (Lipinski definition) is 7. The summed E-state index contributed by atoms with van der Waals surface area (Å²) in [6.45, 7) is 0.807. The Kier molecular flexibility index (Phi) is 8.64. The lowest BCUT2D eigenvalue weighted by atomic mass is 10.1. The molecule has 4 N–H and O–H groups in total. The van der Waals surface area contributed by atoms with Crippen LogP contribution < -0.4 is 27.0 Å². The van der Waals surface area contributed by atoms with Gasteiger partial charge < -0.3 is 25.7 Å². The SMILES string of the molecule is CCS(=O)(=O)c1ccc(Cl)cc1Cn1c(=O)[nH]c2c(Cl)c(CN3CC(CCN)NC3=O)c(OC(F)(F)F)cc2c1=O. The summed E-state index contributed by atoms with van der Waals surface area (Å²) < 4.78 is 70.1. The van der Waals surface area contributed by atoms with Gasteiger partial charge in [-0.25, -0.2) is 18.0 Å². The monoisotopic (exact) mass is 637 g/mol. The molecule has 1 unspecified atom stereocenters. The fraction of sp³-hybridized carbons (Fsp3) is 0.375. The maximum absolute atomic E-state index is 13.4. The third-order valence-electron chi connectivity index (χ3n) is 6.49. The second-order valence-corrected chi connectivity index (χ2v) is 12.3. The van der Waals surface area contributed by atoms with Gasteiger partial charge in [-0.05, 0) is 42.8 Å². The molecule has 1 atom stereocenters. The van der Waals surface area contributed by atoms with Crippen LogP contribution in [0.5, 0.6) is 5.75 Å². The summed E-state index contributed by atoms with van der Waals surface area (Å²) in [5.41, 5.74) is 2.90. The van der Waals surface area contributed by atoms with Crippen molar-refractivity contribution in [2.45, 2.75) is 43.7 Å². The van der Waals surface area contributed by atoms with Crippen LogP contribution in [0.3, 0.4) is 0 Å². The smallest absolute Gasteiger partial charge is 0.405 e. The topological polar surface area (TPSA) is 157 Å². The van der Waals surface area contributed by atoms with Crippen LogP contribution in [0.1, 0.15) is 24.5 Å². The number of nitrogens with zero attached hydrogens (tertiary/aromatic N) is 2. The van der Waals surface area contributed by atoms with E-state index in [4.69, 9.17) is 28.9 Å². The van der Waals surface area contributed by atoms with Crippen molar-refractivity contribution >= 4 is 50.0 Å². The van der Waals surface area contributed by atoms with E-state index in [1.54, 1.807) is 0 Å². The predicted octanol–water partition coefficient (Wildman–Crippen LogP) is 2.98. The first-order chi connectivity index (χ1) is 19.1. The summed E-state index contributed by atoms with van der Waals surface area (Å²) in [4.78, 5) is 42.3. The number of carbonyl (C=O) groups is 1. The molecule has 17 heteroatoms. The average molecular weight is 638 g/mol. The Morgan fingerprint density at radius 3 is 2.49 bits per heavy atom. The average Bonchev–Trinajstić information content (AvgIpc) is 3.22. The zero-order valence-electron chi connectivity index (χ0n) is 21.3. The summed E-state index contributed by atoms with van der Waals surface area (Å²) in [7, 11) is -3.79. The number of carbonyl (C=O) groups excluding carboxylic acids is 1. The summed E-state index contributed by atoms with van der Waals surface area (Å²) in [5.74, 6) is -1.12. The first kappa shape index (κ1) is 30.7. The quantitative estimate of drug-likeness (QED) is 0.325. The van der Waals surface area contributed by atoms with Crippen molar-refractivity contribution in [2.24, 2.45) is 5.73 Å². The van der Waals surface area contributed by atoms with E-state index in [0.717, 1.165) is 6.07 Å². The van der Waals surface area contributed by atoms with Crippen molar-refractivity contribution in [3.8, 4) is 5.75 Å². The summed E-state index contributed by atoms with van der Waals surface area (Å²) in [6.07, 6.45) is -4.76. The van der Waals surface area contributed by atoms with Gasteiger partial charge in [0.1, 0.15) is 5.75 Å². The van der Waals surface area contributed by atoms with Crippen molar-refractivity contribution in [1.29, 1.82) is 0 Å². The van der Waals surface area contributed by atoms with E-state index in [1.165, 1.54) is 30.0 Å². The Hall–Kier alpha value is -3.27. The Balaban J connectivity index is 1.86. The number of nitrogens with one attached hydrogen (secondary N) is 2. The number of benzene rings is 2. The van der Waals surface area contributed by atoms with Gasteiger partial charge in [0, 0.05) is 23.2 Å². The Morgan fingerprint density at radius 2 is 1.85 bits per heavy atom. The van der Waals surface area contributed by atoms with E-state index in [2.05, 4.69) is 15.0 Å². The molecule has 222 valence electrons. The van der Waals surface area contributed by atoms with Crippen LogP contribution in [0, 0.1) is 0 Å². The highest BCUT2D eigenvalue weighted by Gasteiger charge is 2.35. The second kappa shape index (κ2) is 11.5. The van der Waals surface area contributed by atoms with Gasteiger partial charge in [0.2, 0.25) is 0 Å². The van der Waals surface area contributed by atoms with Crippen molar-refractivity contribution in [1.82, 2.24) is 19.8 Å². The molecule has 4 rings (SSSR count). The van der Waals surface area contributed by atoms with Gasteiger partial charge in [0.05, 0.1) is 39.7 Å². The zero-order valence-corrected chi connectivity index (χ0v) is 23.7. The standard InChI is InChI=1S/C24H24Cl2F3N5O6S/c1-2-41(38,39)18-4-3-13(25)7-12(18)9-34-21(35)15-8-17(40-24(27,28)29)16(19(26)20(15)32-23(34)37)11-33-10-14(5-6-30)31-22(33)36/h3-4,7-8,14H,2,5-6,9-11,30H2,1H3,(H,31,36)(H,32,37). The van der Waals surface area contributed by atoms with Crippen LogP contribution in [0.2, 0.25) is 10.0 Å². The molecule has 2 amide bonds. The molecule has 0 aliphatic carbocycles. The van der Waals surface area contributed by atoms with E-state index < -0.39 is 62.7 Å². The molecule has 0 spiro atoms. The van der Waals surface area contributed by atoms with E-state index >= 15 is 0 Å². The van der Waals surface area contributed by atoms with Crippen molar-refractivity contribution in [3.05, 3.63) is 66.3 Å².